The highest BCUT2D eigenvalue weighted by atomic mass is 16.2. The van der Waals surface area contributed by atoms with Crippen LogP contribution in [0.3, 0.4) is 0 Å². The zero-order valence-corrected chi connectivity index (χ0v) is 14.1. The van der Waals surface area contributed by atoms with E-state index in [1.54, 1.807) is 0 Å². The molecule has 0 atom stereocenters. The molecule has 0 saturated heterocycles. The van der Waals surface area contributed by atoms with Crippen molar-refractivity contribution in [3.8, 4) is 0 Å². The lowest BCUT2D eigenvalue weighted by Crippen LogP contribution is -2.39. The molecule has 0 spiro atoms. The van der Waals surface area contributed by atoms with Crippen LogP contribution in [0.2, 0.25) is 0 Å². The molecule has 3 heteroatoms. The Morgan fingerprint density at radius 1 is 0.720 bits per heavy atom. The highest BCUT2D eigenvalue weighted by molar-refractivity contribution is 5.75. The number of urea groups is 1. The Bertz CT molecular complexity index is 733. The summed E-state index contributed by atoms with van der Waals surface area (Å²) in [5.41, 5.74) is 3.34. The topological polar surface area (TPSA) is 41.1 Å². The number of carbonyl (C=O) groups excluding carboxylic acids is 1. The van der Waals surface area contributed by atoms with Gasteiger partial charge in [-0.15, -0.1) is 0 Å². The Morgan fingerprint density at radius 2 is 1.20 bits per heavy atom. The van der Waals surface area contributed by atoms with Crippen LogP contribution in [0.25, 0.3) is 0 Å². The van der Waals surface area contributed by atoms with Gasteiger partial charge in [-0.2, -0.15) is 0 Å². The summed E-state index contributed by atoms with van der Waals surface area (Å²) in [5, 5.41) is 6.04. The largest absolute Gasteiger partial charge is 0.338 e. The second-order valence-electron chi connectivity index (χ2n) is 5.89. The smallest absolute Gasteiger partial charge is 0.315 e. The molecule has 2 N–H and O–H groups in total. The number of amides is 2. The molecule has 126 valence electrons. The molecule has 3 nitrogen and oxygen atoms in total. The zero-order chi connectivity index (χ0) is 17.3. The standard InChI is InChI=1S/C22H22N2O/c25-22(23-17-16-18-10-4-1-5-11-18)24-21(19-12-6-2-7-13-19)20-14-8-3-9-15-20/h1-15,21H,16-17H2,(H2,23,24,25). The van der Waals surface area contributed by atoms with Crippen LogP contribution >= 0.6 is 0 Å². The van der Waals surface area contributed by atoms with Crippen molar-refractivity contribution >= 4 is 6.03 Å². The third-order valence-electron chi connectivity index (χ3n) is 4.08. The maximum atomic E-state index is 12.4. The Labute approximate surface area is 148 Å². The highest BCUT2D eigenvalue weighted by Gasteiger charge is 2.16. The summed E-state index contributed by atoms with van der Waals surface area (Å²) in [6.45, 7) is 0.603. The van der Waals surface area contributed by atoms with E-state index in [-0.39, 0.29) is 12.1 Å². The van der Waals surface area contributed by atoms with Crippen LogP contribution in [0.4, 0.5) is 4.79 Å². The number of nitrogens with one attached hydrogen (secondary N) is 2. The van der Waals surface area contributed by atoms with Crippen LogP contribution in [0, 0.1) is 0 Å². The van der Waals surface area contributed by atoms with Gasteiger partial charge in [-0.1, -0.05) is 91.0 Å². The van der Waals surface area contributed by atoms with Gasteiger partial charge >= 0.3 is 6.03 Å². The summed E-state index contributed by atoms with van der Waals surface area (Å²) >= 11 is 0. The minimum Gasteiger partial charge on any atom is -0.338 e. The van der Waals surface area contributed by atoms with Crippen molar-refractivity contribution < 1.29 is 4.79 Å². The van der Waals surface area contributed by atoms with E-state index >= 15 is 0 Å². The lowest BCUT2D eigenvalue weighted by Gasteiger charge is -2.20. The molecule has 3 aromatic rings. The molecule has 2 amide bonds. The van der Waals surface area contributed by atoms with E-state index in [2.05, 4.69) is 22.8 Å². The van der Waals surface area contributed by atoms with Crippen molar-refractivity contribution in [2.75, 3.05) is 6.54 Å². The minimum absolute atomic E-state index is 0.159. The fourth-order valence-electron chi connectivity index (χ4n) is 2.80. The number of hydrogen-bond donors (Lipinski definition) is 2. The Balaban J connectivity index is 1.63. The van der Waals surface area contributed by atoms with Crippen molar-refractivity contribution in [2.24, 2.45) is 0 Å². The summed E-state index contributed by atoms with van der Waals surface area (Å²) < 4.78 is 0. The Kier molecular flexibility index (Phi) is 5.83. The molecule has 0 radical (unpaired) electrons. The second kappa shape index (κ2) is 8.69. The van der Waals surface area contributed by atoms with Crippen LogP contribution in [0.1, 0.15) is 22.7 Å². The molecule has 0 unspecified atom stereocenters. The second-order valence-corrected chi connectivity index (χ2v) is 5.89. The molecule has 25 heavy (non-hydrogen) atoms. The number of benzene rings is 3. The number of hydrogen-bond acceptors (Lipinski definition) is 1. The summed E-state index contributed by atoms with van der Waals surface area (Å²) in [5.74, 6) is 0. The molecule has 0 aromatic heterocycles. The van der Waals surface area contributed by atoms with Crippen LogP contribution < -0.4 is 10.6 Å². The molecule has 0 saturated carbocycles. The molecular weight excluding hydrogens is 308 g/mol. The molecule has 0 aliphatic heterocycles. The normalized spacial score (nSPS) is 10.4. The summed E-state index contributed by atoms with van der Waals surface area (Å²) in [7, 11) is 0. The first kappa shape index (κ1) is 16.8. The van der Waals surface area contributed by atoms with Gasteiger partial charge in [0, 0.05) is 6.54 Å². The van der Waals surface area contributed by atoms with E-state index in [4.69, 9.17) is 0 Å². The average molecular weight is 330 g/mol. The maximum absolute atomic E-state index is 12.4. The zero-order valence-electron chi connectivity index (χ0n) is 14.1. The third-order valence-corrected chi connectivity index (χ3v) is 4.08. The fourth-order valence-corrected chi connectivity index (χ4v) is 2.80. The van der Waals surface area contributed by atoms with Gasteiger partial charge in [-0.3, -0.25) is 0 Å². The van der Waals surface area contributed by atoms with Crippen molar-refractivity contribution in [3.05, 3.63) is 108 Å². The third kappa shape index (κ3) is 4.95. The average Bonchev–Trinajstić information content (AvgIpc) is 2.68. The minimum atomic E-state index is -0.167. The van der Waals surface area contributed by atoms with Crippen LogP contribution in [0.5, 0.6) is 0 Å². The highest BCUT2D eigenvalue weighted by Crippen LogP contribution is 2.21. The quantitative estimate of drug-likeness (QED) is 0.694. The molecule has 0 heterocycles. The summed E-state index contributed by atoms with van der Waals surface area (Å²) in [6.07, 6.45) is 0.815. The van der Waals surface area contributed by atoms with Crippen molar-refractivity contribution in [1.82, 2.24) is 10.6 Å². The monoisotopic (exact) mass is 330 g/mol. The Morgan fingerprint density at radius 3 is 1.72 bits per heavy atom. The molecule has 0 fully saturated rings. The molecule has 0 bridgehead atoms. The Hall–Kier alpha value is -3.07. The SMILES string of the molecule is O=C(NCCc1ccccc1)NC(c1ccccc1)c1ccccc1. The molecule has 0 aliphatic carbocycles. The fraction of sp³-hybridized carbons (Fsp3) is 0.136. The van der Waals surface area contributed by atoms with Gasteiger partial charge in [0.2, 0.25) is 0 Å². The van der Waals surface area contributed by atoms with Crippen molar-refractivity contribution in [3.63, 3.8) is 0 Å². The van der Waals surface area contributed by atoms with Crippen molar-refractivity contribution in [2.45, 2.75) is 12.5 Å². The van der Waals surface area contributed by atoms with Gasteiger partial charge in [0.1, 0.15) is 0 Å². The van der Waals surface area contributed by atoms with E-state index in [9.17, 15) is 4.79 Å². The number of carbonyl (C=O) groups is 1. The first-order valence-electron chi connectivity index (χ1n) is 8.51. The maximum Gasteiger partial charge on any atom is 0.315 e. The van der Waals surface area contributed by atoms with E-state index in [0.29, 0.717) is 6.54 Å². The lowest BCUT2D eigenvalue weighted by atomic mass is 9.99. The van der Waals surface area contributed by atoms with Crippen LogP contribution in [0.15, 0.2) is 91.0 Å². The predicted octanol–water partition coefficient (Wildman–Crippen LogP) is 4.32. The number of rotatable bonds is 6. The van der Waals surface area contributed by atoms with Crippen molar-refractivity contribution in [1.29, 1.82) is 0 Å². The van der Waals surface area contributed by atoms with Crippen LogP contribution in [-0.2, 0) is 6.42 Å². The molecule has 3 rings (SSSR count). The molecule has 0 aliphatic rings. The van der Waals surface area contributed by atoms with Gasteiger partial charge < -0.3 is 10.6 Å². The van der Waals surface area contributed by atoms with Gasteiger partial charge in [0.15, 0.2) is 0 Å². The van der Waals surface area contributed by atoms with Gasteiger partial charge in [-0.05, 0) is 23.1 Å². The van der Waals surface area contributed by atoms with Crippen LogP contribution in [-0.4, -0.2) is 12.6 Å². The van der Waals surface area contributed by atoms with Gasteiger partial charge in [0.25, 0.3) is 0 Å². The van der Waals surface area contributed by atoms with E-state index in [1.165, 1.54) is 5.56 Å². The van der Waals surface area contributed by atoms with E-state index < -0.39 is 0 Å². The first-order chi connectivity index (χ1) is 12.3. The van der Waals surface area contributed by atoms with E-state index in [0.717, 1.165) is 17.5 Å². The van der Waals surface area contributed by atoms with Gasteiger partial charge in [-0.25, -0.2) is 4.79 Å². The summed E-state index contributed by atoms with van der Waals surface area (Å²) in [4.78, 5) is 12.4. The molecule has 3 aromatic carbocycles. The lowest BCUT2D eigenvalue weighted by molar-refractivity contribution is 0.239. The summed E-state index contributed by atoms with van der Waals surface area (Å²) in [6, 6.07) is 29.8. The predicted molar refractivity (Wildman–Crippen MR) is 101 cm³/mol. The van der Waals surface area contributed by atoms with Gasteiger partial charge in [0.05, 0.1) is 6.04 Å². The molecular formula is C22H22N2O. The van der Waals surface area contributed by atoms with E-state index in [1.807, 2.05) is 78.9 Å². The first-order valence-corrected chi connectivity index (χ1v) is 8.51.